The van der Waals surface area contributed by atoms with Crippen LogP contribution in [0, 0.1) is 0 Å². The van der Waals surface area contributed by atoms with Crippen LogP contribution in [0.3, 0.4) is 0 Å². The van der Waals surface area contributed by atoms with E-state index in [4.69, 9.17) is 14.9 Å². The Morgan fingerprint density at radius 2 is 2.14 bits per heavy atom. The Morgan fingerprint density at radius 1 is 1.43 bits per heavy atom. The number of carbonyl (C=O) groups excluding carboxylic acids is 1. The summed E-state index contributed by atoms with van der Waals surface area (Å²) in [6.45, 7) is 5.30. The van der Waals surface area contributed by atoms with Gasteiger partial charge in [-0.1, -0.05) is 0 Å². The van der Waals surface area contributed by atoms with Gasteiger partial charge < -0.3 is 20.0 Å². The molecule has 0 aliphatic rings. The van der Waals surface area contributed by atoms with Crippen molar-refractivity contribution in [2.45, 2.75) is 26.4 Å². The van der Waals surface area contributed by atoms with E-state index in [-0.39, 0.29) is 11.8 Å². The van der Waals surface area contributed by atoms with Gasteiger partial charge in [0.1, 0.15) is 11.4 Å². The Morgan fingerprint density at radius 3 is 2.67 bits per heavy atom. The van der Waals surface area contributed by atoms with Crippen LogP contribution in [0.1, 0.15) is 20.8 Å². The van der Waals surface area contributed by atoms with Gasteiger partial charge in [0.25, 0.3) is 6.01 Å². The van der Waals surface area contributed by atoms with Crippen molar-refractivity contribution in [3.05, 3.63) is 24.4 Å². The summed E-state index contributed by atoms with van der Waals surface area (Å²) < 4.78 is 10.3. The topological polar surface area (TPSA) is 111 Å². The van der Waals surface area contributed by atoms with Gasteiger partial charge >= 0.3 is 6.09 Å². The smallest absolute Gasteiger partial charge is 0.412 e. The number of hydrogen-bond donors (Lipinski definition) is 3. The SMILES string of the molecule is CC(C)(C)OC(=O)Nc1ccc(-c2cnc(N)o2)c(O)c1. The molecule has 0 bridgehead atoms. The van der Waals surface area contributed by atoms with Crippen molar-refractivity contribution in [2.75, 3.05) is 11.1 Å². The lowest BCUT2D eigenvalue weighted by Crippen LogP contribution is -2.27. The van der Waals surface area contributed by atoms with Crippen LogP contribution in [0.15, 0.2) is 28.8 Å². The molecular formula is C14H17N3O4. The molecule has 0 spiro atoms. The summed E-state index contributed by atoms with van der Waals surface area (Å²) in [7, 11) is 0. The molecule has 4 N–H and O–H groups in total. The molecule has 2 rings (SSSR count). The number of carbonyl (C=O) groups is 1. The van der Waals surface area contributed by atoms with Crippen LogP contribution in [0.25, 0.3) is 11.3 Å². The minimum absolute atomic E-state index is 0.0142. The third kappa shape index (κ3) is 3.88. The Balaban J connectivity index is 2.14. The van der Waals surface area contributed by atoms with E-state index in [9.17, 15) is 9.90 Å². The first-order chi connectivity index (χ1) is 9.74. The molecule has 0 unspecified atom stereocenters. The minimum Gasteiger partial charge on any atom is -0.507 e. The number of anilines is 2. The molecule has 21 heavy (non-hydrogen) atoms. The molecule has 112 valence electrons. The molecule has 1 aromatic heterocycles. The van der Waals surface area contributed by atoms with E-state index in [2.05, 4.69) is 10.3 Å². The Hall–Kier alpha value is -2.70. The fraction of sp³-hybridized carbons (Fsp3) is 0.286. The molecule has 0 saturated heterocycles. The number of nitrogens with one attached hydrogen (secondary N) is 1. The zero-order valence-corrected chi connectivity index (χ0v) is 12.0. The Bertz CT molecular complexity index is 658. The maximum Gasteiger partial charge on any atom is 0.412 e. The molecule has 7 heteroatoms. The second-order valence-electron chi connectivity index (χ2n) is 5.42. The highest BCUT2D eigenvalue weighted by atomic mass is 16.6. The molecule has 0 aliphatic heterocycles. The molecular weight excluding hydrogens is 274 g/mol. The number of oxazole rings is 1. The summed E-state index contributed by atoms with van der Waals surface area (Å²) in [6.07, 6.45) is 0.810. The molecule has 0 aliphatic carbocycles. The highest BCUT2D eigenvalue weighted by molar-refractivity contribution is 5.86. The summed E-state index contributed by atoms with van der Waals surface area (Å²) in [5.41, 5.74) is 5.62. The quantitative estimate of drug-likeness (QED) is 0.784. The van der Waals surface area contributed by atoms with Crippen molar-refractivity contribution in [3.8, 4) is 17.1 Å². The molecule has 1 heterocycles. The fourth-order valence-electron chi connectivity index (χ4n) is 1.65. The van der Waals surface area contributed by atoms with Crippen molar-refractivity contribution < 1.29 is 19.1 Å². The lowest BCUT2D eigenvalue weighted by Gasteiger charge is -2.19. The first-order valence-electron chi connectivity index (χ1n) is 6.29. The van der Waals surface area contributed by atoms with E-state index >= 15 is 0 Å². The van der Waals surface area contributed by atoms with Crippen LogP contribution in [0.5, 0.6) is 5.75 Å². The molecule has 1 aromatic carbocycles. The highest BCUT2D eigenvalue weighted by Gasteiger charge is 2.17. The zero-order valence-electron chi connectivity index (χ0n) is 12.0. The largest absolute Gasteiger partial charge is 0.507 e. The van der Waals surface area contributed by atoms with Gasteiger partial charge in [-0.05, 0) is 32.9 Å². The predicted molar refractivity (Wildman–Crippen MR) is 77.9 cm³/mol. The van der Waals surface area contributed by atoms with Crippen molar-refractivity contribution in [2.24, 2.45) is 0 Å². The number of ether oxygens (including phenoxy) is 1. The summed E-state index contributed by atoms with van der Waals surface area (Å²) in [4.78, 5) is 15.4. The molecule has 7 nitrogen and oxygen atoms in total. The number of benzene rings is 1. The van der Waals surface area contributed by atoms with Gasteiger partial charge in [-0.2, -0.15) is 0 Å². The van der Waals surface area contributed by atoms with E-state index in [1.54, 1.807) is 32.9 Å². The van der Waals surface area contributed by atoms with E-state index in [0.717, 1.165) is 0 Å². The van der Waals surface area contributed by atoms with Gasteiger partial charge in [0, 0.05) is 11.8 Å². The van der Waals surface area contributed by atoms with Gasteiger partial charge in [0.05, 0.1) is 11.8 Å². The zero-order chi connectivity index (χ0) is 15.6. The van der Waals surface area contributed by atoms with Gasteiger partial charge in [0.15, 0.2) is 5.76 Å². The number of amides is 1. The normalized spacial score (nSPS) is 11.2. The number of nitrogens with two attached hydrogens (primary N) is 1. The van der Waals surface area contributed by atoms with Gasteiger partial charge in [-0.15, -0.1) is 0 Å². The van der Waals surface area contributed by atoms with Crippen molar-refractivity contribution in [3.63, 3.8) is 0 Å². The molecule has 0 atom stereocenters. The number of aromatic hydroxyl groups is 1. The fourth-order valence-corrected chi connectivity index (χ4v) is 1.65. The number of aromatic nitrogens is 1. The number of rotatable bonds is 2. The summed E-state index contributed by atoms with van der Waals surface area (Å²) in [5, 5.41) is 12.5. The minimum atomic E-state index is -0.599. The maximum absolute atomic E-state index is 11.6. The van der Waals surface area contributed by atoms with Crippen molar-refractivity contribution >= 4 is 17.8 Å². The Labute approximate surface area is 121 Å². The lowest BCUT2D eigenvalue weighted by atomic mass is 10.1. The van der Waals surface area contributed by atoms with E-state index < -0.39 is 11.7 Å². The van der Waals surface area contributed by atoms with Crippen molar-refractivity contribution in [1.29, 1.82) is 0 Å². The van der Waals surface area contributed by atoms with Gasteiger partial charge in [-0.25, -0.2) is 9.78 Å². The molecule has 0 saturated carbocycles. The Kier molecular flexibility index (Phi) is 3.75. The average molecular weight is 291 g/mol. The van der Waals surface area contributed by atoms with E-state index in [1.807, 2.05) is 0 Å². The van der Waals surface area contributed by atoms with Crippen LogP contribution in [-0.2, 0) is 4.74 Å². The maximum atomic E-state index is 11.6. The second kappa shape index (κ2) is 5.35. The summed E-state index contributed by atoms with van der Waals surface area (Å²) in [6, 6.07) is 4.60. The molecule has 1 amide bonds. The monoisotopic (exact) mass is 291 g/mol. The number of phenolic OH excluding ortho intramolecular Hbond substituents is 1. The first kappa shape index (κ1) is 14.7. The highest BCUT2D eigenvalue weighted by Crippen LogP contribution is 2.32. The third-order valence-corrected chi connectivity index (χ3v) is 2.43. The first-order valence-corrected chi connectivity index (χ1v) is 6.29. The predicted octanol–water partition coefficient (Wildman–Crippen LogP) is 2.98. The summed E-state index contributed by atoms with van der Waals surface area (Å²) >= 11 is 0. The van der Waals surface area contributed by atoms with Crippen molar-refractivity contribution in [1.82, 2.24) is 4.98 Å². The molecule has 0 radical (unpaired) electrons. The summed E-state index contributed by atoms with van der Waals surface area (Å²) in [5.74, 6) is 0.272. The van der Waals surface area contributed by atoms with Crippen LogP contribution in [-0.4, -0.2) is 21.8 Å². The number of nitrogens with zero attached hydrogens (tertiary/aromatic N) is 1. The number of phenols is 1. The van der Waals surface area contributed by atoms with E-state index in [1.165, 1.54) is 12.3 Å². The third-order valence-electron chi connectivity index (χ3n) is 2.43. The van der Waals surface area contributed by atoms with Gasteiger partial charge in [0.2, 0.25) is 0 Å². The van der Waals surface area contributed by atoms with Crippen LogP contribution in [0.2, 0.25) is 0 Å². The van der Waals surface area contributed by atoms with Crippen LogP contribution >= 0.6 is 0 Å². The second-order valence-corrected chi connectivity index (χ2v) is 5.42. The standard InChI is InChI=1S/C14H17N3O4/c1-14(2,3)21-13(19)17-8-4-5-9(10(18)6-8)11-7-16-12(15)20-11/h4-7,18H,1-3H3,(H2,15,16)(H,17,19). The molecule has 2 aromatic rings. The lowest BCUT2D eigenvalue weighted by molar-refractivity contribution is 0.0636. The van der Waals surface area contributed by atoms with Crippen LogP contribution < -0.4 is 11.1 Å². The van der Waals surface area contributed by atoms with Crippen LogP contribution in [0.4, 0.5) is 16.5 Å². The number of hydrogen-bond acceptors (Lipinski definition) is 6. The average Bonchev–Trinajstić information content (AvgIpc) is 2.73. The van der Waals surface area contributed by atoms with E-state index in [0.29, 0.717) is 17.0 Å². The van der Waals surface area contributed by atoms with Gasteiger partial charge in [-0.3, -0.25) is 5.32 Å². The molecule has 0 fully saturated rings. The number of nitrogen functional groups attached to an aromatic ring is 1.